The van der Waals surface area contributed by atoms with Crippen molar-refractivity contribution in [1.82, 2.24) is 10.2 Å². The molecule has 96 valence electrons. The monoisotopic (exact) mass is 286 g/mol. The highest BCUT2D eigenvalue weighted by Crippen LogP contribution is 2.28. The molecule has 18 heavy (non-hydrogen) atoms. The van der Waals surface area contributed by atoms with E-state index >= 15 is 0 Å². The summed E-state index contributed by atoms with van der Waals surface area (Å²) in [5.74, 6) is 0. The number of benzene rings is 1. The molecule has 6 nitrogen and oxygen atoms in total. The van der Waals surface area contributed by atoms with Crippen molar-refractivity contribution in [2.75, 3.05) is 10.5 Å². The first-order valence-electron chi connectivity index (χ1n) is 4.97. The third kappa shape index (κ3) is 2.41. The third-order valence-corrected chi connectivity index (χ3v) is 4.21. The predicted octanol–water partition coefficient (Wildman–Crippen LogP) is 1.75. The van der Waals surface area contributed by atoms with Gasteiger partial charge in [0, 0.05) is 11.9 Å². The molecule has 0 saturated carbocycles. The number of hydrogen-bond donors (Lipinski definition) is 3. The number of sulfonamides is 1. The first kappa shape index (κ1) is 12.7. The number of hydrogen-bond acceptors (Lipinski definition) is 4. The van der Waals surface area contributed by atoms with Crippen molar-refractivity contribution in [3.05, 3.63) is 35.1 Å². The van der Waals surface area contributed by atoms with Crippen LogP contribution >= 0.6 is 11.6 Å². The third-order valence-electron chi connectivity index (χ3n) is 2.36. The van der Waals surface area contributed by atoms with E-state index in [0.717, 1.165) is 5.56 Å². The molecule has 2 rings (SSSR count). The Hall–Kier alpha value is -1.73. The van der Waals surface area contributed by atoms with Crippen molar-refractivity contribution in [2.45, 2.75) is 11.8 Å². The molecule has 0 bridgehead atoms. The smallest absolute Gasteiger partial charge is 0.263 e. The Balaban J connectivity index is 2.44. The summed E-state index contributed by atoms with van der Waals surface area (Å²) in [6, 6.07) is 2.85. The van der Waals surface area contributed by atoms with Gasteiger partial charge in [0.05, 0.1) is 16.9 Å². The SMILES string of the molecule is Cc1cc(Cl)c(S(=O)(=O)Nc2cn[nH]c2)cc1N. The van der Waals surface area contributed by atoms with Crippen LogP contribution in [-0.4, -0.2) is 18.6 Å². The molecule has 1 aromatic heterocycles. The van der Waals surface area contributed by atoms with Crippen LogP contribution in [0.3, 0.4) is 0 Å². The molecule has 0 amide bonds. The fourth-order valence-corrected chi connectivity index (χ4v) is 3.04. The molecule has 0 aliphatic rings. The number of anilines is 2. The molecular formula is C10H11ClN4O2S. The van der Waals surface area contributed by atoms with Crippen molar-refractivity contribution in [2.24, 2.45) is 0 Å². The van der Waals surface area contributed by atoms with Gasteiger partial charge >= 0.3 is 0 Å². The standard InChI is InChI=1S/C10H11ClN4O2S/c1-6-2-8(11)10(3-9(6)12)18(16,17)15-7-4-13-14-5-7/h2-5,15H,12H2,1H3,(H,13,14). The van der Waals surface area contributed by atoms with Crippen molar-refractivity contribution in [3.8, 4) is 0 Å². The summed E-state index contributed by atoms with van der Waals surface area (Å²) in [7, 11) is -3.78. The van der Waals surface area contributed by atoms with E-state index in [2.05, 4.69) is 14.9 Å². The minimum absolute atomic E-state index is 0.0616. The Morgan fingerprint density at radius 3 is 2.78 bits per heavy atom. The van der Waals surface area contributed by atoms with Crippen molar-refractivity contribution in [3.63, 3.8) is 0 Å². The lowest BCUT2D eigenvalue weighted by molar-refractivity contribution is 0.601. The van der Waals surface area contributed by atoms with E-state index in [1.807, 2.05) is 0 Å². The highest BCUT2D eigenvalue weighted by Gasteiger charge is 2.19. The van der Waals surface area contributed by atoms with Gasteiger partial charge in [-0.1, -0.05) is 11.6 Å². The van der Waals surface area contributed by atoms with E-state index in [9.17, 15) is 8.42 Å². The molecule has 2 aromatic rings. The molecule has 1 heterocycles. The second kappa shape index (κ2) is 4.51. The molecule has 0 unspecified atom stereocenters. The van der Waals surface area contributed by atoms with E-state index in [4.69, 9.17) is 17.3 Å². The number of nitrogens with one attached hydrogen (secondary N) is 2. The number of nitrogens with zero attached hydrogens (tertiary/aromatic N) is 1. The molecule has 4 N–H and O–H groups in total. The van der Waals surface area contributed by atoms with Gasteiger partial charge in [-0.05, 0) is 24.6 Å². The molecule has 0 spiro atoms. The minimum atomic E-state index is -3.78. The molecule has 0 saturated heterocycles. The minimum Gasteiger partial charge on any atom is -0.398 e. The van der Waals surface area contributed by atoms with Crippen molar-refractivity contribution in [1.29, 1.82) is 0 Å². The molecule has 0 radical (unpaired) electrons. The van der Waals surface area contributed by atoms with Crippen LogP contribution in [0.15, 0.2) is 29.4 Å². The summed E-state index contributed by atoms with van der Waals surface area (Å²) < 4.78 is 26.5. The van der Waals surface area contributed by atoms with E-state index in [1.165, 1.54) is 24.5 Å². The summed E-state index contributed by atoms with van der Waals surface area (Å²) >= 11 is 5.93. The topological polar surface area (TPSA) is 101 Å². The number of rotatable bonds is 3. The maximum atomic E-state index is 12.1. The summed E-state index contributed by atoms with van der Waals surface area (Å²) in [4.78, 5) is -0.0616. The second-order valence-electron chi connectivity index (χ2n) is 3.73. The van der Waals surface area contributed by atoms with Crippen LogP contribution in [0.25, 0.3) is 0 Å². The van der Waals surface area contributed by atoms with Crippen LogP contribution in [-0.2, 0) is 10.0 Å². The zero-order valence-electron chi connectivity index (χ0n) is 9.44. The molecule has 0 aliphatic heterocycles. The van der Waals surface area contributed by atoms with Crippen LogP contribution in [0, 0.1) is 6.92 Å². The Bertz CT molecular complexity index is 667. The predicted molar refractivity (Wildman–Crippen MR) is 70.0 cm³/mol. The Kier molecular flexibility index (Phi) is 3.18. The molecular weight excluding hydrogens is 276 g/mol. The van der Waals surface area contributed by atoms with Gasteiger partial charge in [0.2, 0.25) is 0 Å². The molecule has 8 heteroatoms. The molecule has 0 aliphatic carbocycles. The lowest BCUT2D eigenvalue weighted by Crippen LogP contribution is -2.13. The number of halogens is 1. The zero-order chi connectivity index (χ0) is 13.3. The van der Waals surface area contributed by atoms with Crippen LogP contribution < -0.4 is 10.5 Å². The van der Waals surface area contributed by atoms with Crippen LogP contribution in [0.5, 0.6) is 0 Å². The number of nitrogens with two attached hydrogens (primary N) is 1. The number of aromatic nitrogens is 2. The van der Waals surface area contributed by atoms with Gasteiger partial charge in [-0.2, -0.15) is 5.10 Å². The van der Waals surface area contributed by atoms with Crippen LogP contribution in [0.2, 0.25) is 5.02 Å². The second-order valence-corrected chi connectivity index (χ2v) is 5.79. The van der Waals surface area contributed by atoms with E-state index in [-0.39, 0.29) is 9.92 Å². The van der Waals surface area contributed by atoms with Gasteiger partial charge < -0.3 is 5.73 Å². The molecule has 0 atom stereocenters. The van der Waals surface area contributed by atoms with Crippen molar-refractivity contribution >= 4 is 33.0 Å². The fraction of sp³-hybridized carbons (Fsp3) is 0.100. The highest BCUT2D eigenvalue weighted by atomic mass is 35.5. The fourth-order valence-electron chi connectivity index (χ4n) is 1.39. The summed E-state index contributed by atoms with van der Waals surface area (Å²) in [6.45, 7) is 1.75. The zero-order valence-corrected chi connectivity index (χ0v) is 11.0. The number of aromatic amines is 1. The maximum absolute atomic E-state index is 12.1. The number of H-pyrrole nitrogens is 1. The lowest BCUT2D eigenvalue weighted by atomic mass is 10.2. The summed E-state index contributed by atoms with van der Waals surface area (Å²) in [5.41, 5.74) is 7.11. The maximum Gasteiger partial charge on any atom is 0.263 e. The van der Waals surface area contributed by atoms with Gasteiger partial charge in [0.1, 0.15) is 4.90 Å². The van der Waals surface area contributed by atoms with Crippen LogP contribution in [0.1, 0.15) is 5.56 Å². The summed E-state index contributed by atoms with van der Waals surface area (Å²) in [6.07, 6.45) is 2.77. The van der Waals surface area contributed by atoms with Gasteiger partial charge in [-0.15, -0.1) is 0 Å². The average molecular weight is 287 g/mol. The summed E-state index contributed by atoms with van der Waals surface area (Å²) in [5, 5.41) is 6.27. The van der Waals surface area contributed by atoms with E-state index in [0.29, 0.717) is 11.4 Å². The largest absolute Gasteiger partial charge is 0.398 e. The Morgan fingerprint density at radius 2 is 2.17 bits per heavy atom. The first-order chi connectivity index (χ1) is 8.40. The normalized spacial score (nSPS) is 11.4. The quantitative estimate of drug-likeness (QED) is 0.748. The van der Waals surface area contributed by atoms with E-state index < -0.39 is 10.0 Å². The van der Waals surface area contributed by atoms with Crippen LogP contribution in [0.4, 0.5) is 11.4 Å². The number of aryl methyl sites for hydroxylation is 1. The average Bonchev–Trinajstić information content (AvgIpc) is 2.75. The molecule has 1 aromatic carbocycles. The van der Waals surface area contributed by atoms with Gasteiger partial charge in [-0.3, -0.25) is 9.82 Å². The van der Waals surface area contributed by atoms with Gasteiger partial charge in [-0.25, -0.2) is 8.42 Å². The Morgan fingerprint density at radius 1 is 1.44 bits per heavy atom. The van der Waals surface area contributed by atoms with E-state index in [1.54, 1.807) is 6.92 Å². The lowest BCUT2D eigenvalue weighted by Gasteiger charge is -2.10. The molecule has 0 fully saturated rings. The number of nitrogen functional groups attached to an aromatic ring is 1. The first-order valence-corrected chi connectivity index (χ1v) is 6.83. The van der Waals surface area contributed by atoms with Gasteiger partial charge in [0.15, 0.2) is 0 Å². The van der Waals surface area contributed by atoms with Crippen molar-refractivity contribution < 1.29 is 8.42 Å². The highest BCUT2D eigenvalue weighted by molar-refractivity contribution is 7.92. The Labute approximate surface area is 109 Å². The van der Waals surface area contributed by atoms with Gasteiger partial charge in [0.25, 0.3) is 10.0 Å².